The van der Waals surface area contributed by atoms with Gasteiger partial charge in [0.15, 0.2) is 11.5 Å². The number of methoxy groups -OCH3 is 1. The van der Waals surface area contributed by atoms with Gasteiger partial charge in [0.05, 0.1) is 7.11 Å². The highest BCUT2D eigenvalue weighted by Gasteiger charge is 2.16. The van der Waals surface area contributed by atoms with Gasteiger partial charge in [0, 0.05) is 37.1 Å². The van der Waals surface area contributed by atoms with Crippen LogP contribution in [0.4, 0.5) is 8.78 Å². The van der Waals surface area contributed by atoms with E-state index in [4.69, 9.17) is 4.74 Å². The Morgan fingerprint density at radius 1 is 1.44 bits per heavy atom. The minimum atomic E-state index is -2.91. The lowest BCUT2D eigenvalue weighted by Gasteiger charge is -2.22. The molecule has 1 aromatic rings. The van der Waals surface area contributed by atoms with Crippen molar-refractivity contribution in [2.45, 2.75) is 25.5 Å². The van der Waals surface area contributed by atoms with Crippen LogP contribution in [0.25, 0.3) is 0 Å². The Balaban J connectivity index is 0.00000312. The van der Waals surface area contributed by atoms with E-state index in [0.717, 1.165) is 23.6 Å². The molecule has 1 saturated heterocycles. The van der Waals surface area contributed by atoms with E-state index in [1.165, 1.54) is 13.2 Å². The zero-order valence-corrected chi connectivity index (χ0v) is 15.6. The smallest absolute Gasteiger partial charge is 0.387 e. The van der Waals surface area contributed by atoms with Crippen LogP contribution in [0.3, 0.4) is 0 Å². The van der Waals surface area contributed by atoms with E-state index in [0.29, 0.717) is 19.4 Å². The Morgan fingerprint density at radius 2 is 2.24 bits per heavy atom. The van der Waals surface area contributed by atoms with Gasteiger partial charge in [0.2, 0.25) is 5.91 Å². The van der Waals surface area contributed by atoms with Gasteiger partial charge in [-0.05, 0) is 24.1 Å². The standard InChI is InChI=1S/C16H22F2N2O3S.ClH/c1-22-13-3-2-11(8-14(13)23-16(17)18)4-5-20-15(21)9-12-10-24-7-6-19-12;/h2-3,8,12,16,19H,4-7,9-10H2,1H3,(H,20,21);1H. The average Bonchev–Trinajstić information content (AvgIpc) is 2.55. The fraction of sp³-hybridized carbons (Fsp3) is 0.562. The van der Waals surface area contributed by atoms with E-state index in [2.05, 4.69) is 15.4 Å². The van der Waals surface area contributed by atoms with Crippen molar-refractivity contribution in [1.82, 2.24) is 10.6 Å². The lowest BCUT2D eigenvalue weighted by Crippen LogP contribution is -2.41. The summed E-state index contributed by atoms with van der Waals surface area (Å²) >= 11 is 1.85. The second-order valence-electron chi connectivity index (χ2n) is 5.39. The summed E-state index contributed by atoms with van der Waals surface area (Å²) in [7, 11) is 1.39. The molecule has 0 bridgehead atoms. The van der Waals surface area contributed by atoms with Crippen LogP contribution in [0.1, 0.15) is 12.0 Å². The van der Waals surface area contributed by atoms with Gasteiger partial charge in [0.1, 0.15) is 0 Å². The van der Waals surface area contributed by atoms with Crippen LogP contribution >= 0.6 is 24.2 Å². The molecule has 1 aliphatic rings. The molecule has 2 N–H and O–H groups in total. The second-order valence-corrected chi connectivity index (χ2v) is 6.54. The molecule has 1 atom stereocenters. The van der Waals surface area contributed by atoms with E-state index in [-0.39, 0.29) is 35.9 Å². The highest BCUT2D eigenvalue weighted by molar-refractivity contribution is 7.99. The molecule has 0 aromatic heterocycles. The fourth-order valence-electron chi connectivity index (χ4n) is 2.46. The van der Waals surface area contributed by atoms with Crippen LogP contribution in [0.5, 0.6) is 11.5 Å². The van der Waals surface area contributed by atoms with E-state index in [1.807, 2.05) is 11.8 Å². The van der Waals surface area contributed by atoms with Gasteiger partial charge in [-0.2, -0.15) is 20.5 Å². The van der Waals surface area contributed by atoms with Crippen LogP contribution in [-0.2, 0) is 11.2 Å². The third kappa shape index (κ3) is 7.66. The van der Waals surface area contributed by atoms with Crippen LogP contribution in [0.15, 0.2) is 18.2 Å². The number of hydrogen-bond acceptors (Lipinski definition) is 5. The maximum absolute atomic E-state index is 12.4. The maximum Gasteiger partial charge on any atom is 0.387 e. The number of halogens is 3. The largest absolute Gasteiger partial charge is 0.493 e. The Hall–Kier alpha value is -1.25. The molecule has 1 aromatic carbocycles. The summed E-state index contributed by atoms with van der Waals surface area (Å²) in [6.07, 6.45) is 0.984. The molecule has 1 unspecified atom stereocenters. The summed E-state index contributed by atoms with van der Waals surface area (Å²) < 4.78 is 34.3. The minimum Gasteiger partial charge on any atom is -0.493 e. The lowest BCUT2D eigenvalue weighted by molar-refractivity contribution is -0.121. The highest BCUT2D eigenvalue weighted by atomic mass is 35.5. The predicted octanol–water partition coefficient (Wildman–Crippen LogP) is 2.47. The fourth-order valence-corrected chi connectivity index (χ4v) is 3.41. The van der Waals surface area contributed by atoms with Crippen molar-refractivity contribution in [3.05, 3.63) is 23.8 Å². The van der Waals surface area contributed by atoms with Gasteiger partial charge >= 0.3 is 6.61 Å². The number of benzene rings is 1. The van der Waals surface area contributed by atoms with Crippen molar-refractivity contribution in [3.63, 3.8) is 0 Å². The number of amides is 1. The molecule has 1 fully saturated rings. The van der Waals surface area contributed by atoms with Crippen LogP contribution < -0.4 is 20.1 Å². The van der Waals surface area contributed by atoms with Gasteiger partial charge in [-0.1, -0.05) is 6.07 Å². The first-order valence-corrected chi connectivity index (χ1v) is 8.93. The zero-order valence-electron chi connectivity index (χ0n) is 13.9. The lowest BCUT2D eigenvalue weighted by atomic mass is 10.1. The quantitative estimate of drug-likeness (QED) is 0.707. The second kappa shape index (κ2) is 11.4. The Morgan fingerprint density at radius 3 is 2.88 bits per heavy atom. The van der Waals surface area contributed by atoms with E-state index in [1.54, 1.807) is 12.1 Å². The first-order valence-electron chi connectivity index (χ1n) is 7.78. The molecule has 25 heavy (non-hydrogen) atoms. The molecule has 5 nitrogen and oxygen atoms in total. The number of carbonyl (C=O) groups excluding carboxylic acids is 1. The summed E-state index contributed by atoms with van der Waals surface area (Å²) in [6, 6.07) is 5.08. The topological polar surface area (TPSA) is 59.6 Å². The average molecular weight is 397 g/mol. The number of carbonyl (C=O) groups is 1. The van der Waals surface area contributed by atoms with Gasteiger partial charge in [0.25, 0.3) is 0 Å². The predicted molar refractivity (Wildman–Crippen MR) is 97.3 cm³/mol. The molecule has 9 heteroatoms. The van der Waals surface area contributed by atoms with Crippen molar-refractivity contribution in [3.8, 4) is 11.5 Å². The van der Waals surface area contributed by atoms with Crippen LogP contribution in [-0.4, -0.2) is 50.3 Å². The number of hydrogen-bond donors (Lipinski definition) is 2. The van der Waals surface area contributed by atoms with Gasteiger partial charge in [-0.3, -0.25) is 4.79 Å². The molecule has 1 amide bonds. The Bertz CT molecular complexity index is 546. The number of thioether (sulfide) groups is 1. The van der Waals surface area contributed by atoms with E-state index in [9.17, 15) is 13.6 Å². The van der Waals surface area contributed by atoms with Crippen LogP contribution in [0, 0.1) is 0 Å². The first kappa shape index (κ1) is 21.8. The molecule has 1 aliphatic heterocycles. The molecule has 142 valence electrons. The SMILES string of the molecule is COc1ccc(CCNC(=O)CC2CSCCN2)cc1OC(F)F.Cl. The third-order valence-electron chi connectivity index (χ3n) is 3.61. The number of alkyl halides is 2. The zero-order chi connectivity index (χ0) is 17.4. The van der Waals surface area contributed by atoms with E-state index >= 15 is 0 Å². The van der Waals surface area contributed by atoms with Crippen molar-refractivity contribution >= 4 is 30.1 Å². The molecule has 1 heterocycles. The number of ether oxygens (including phenoxy) is 2. The third-order valence-corrected chi connectivity index (χ3v) is 4.74. The summed E-state index contributed by atoms with van der Waals surface area (Å²) in [5.74, 6) is 2.27. The minimum absolute atomic E-state index is 0. The normalized spacial score (nSPS) is 16.9. The summed E-state index contributed by atoms with van der Waals surface area (Å²) in [5, 5.41) is 6.17. The van der Waals surface area contributed by atoms with Gasteiger partial charge < -0.3 is 20.1 Å². The highest BCUT2D eigenvalue weighted by Crippen LogP contribution is 2.29. The number of rotatable bonds is 8. The number of nitrogens with one attached hydrogen (secondary N) is 2. The summed E-state index contributed by atoms with van der Waals surface area (Å²) in [5.41, 5.74) is 0.790. The molecule has 0 saturated carbocycles. The Kier molecular flexibility index (Phi) is 9.92. The maximum atomic E-state index is 12.4. The molecule has 0 spiro atoms. The molecule has 0 radical (unpaired) electrons. The van der Waals surface area contributed by atoms with Crippen molar-refractivity contribution in [1.29, 1.82) is 0 Å². The monoisotopic (exact) mass is 396 g/mol. The molecule has 2 rings (SSSR count). The molecular formula is C16H23ClF2N2O3S. The molecule has 0 aliphatic carbocycles. The summed E-state index contributed by atoms with van der Waals surface area (Å²) in [4.78, 5) is 11.9. The molecular weight excluding hydrogens is 374 g/mol. The van der Waals surface area contributed by atoms with E-state index < -0.39 is 6.61 Å². The van der Waals surface area contributed by atoms with Crippen molar-refractivity contribution in [2.24, 2.45) is 0 Å². The van der Waals surface area contributed by atoms with Crippen LogP contribution in [0.2, 0.25) is 0 Å². The van der Waals surface area contributed by atoms with Gasteiger partial charge in [-0.15, -0.1) is 12.4 Å². The Labute approximate surface area is 156 Å². The van der Waals surface area contributed by atoms with Crippen molar-refractivity contribution < 1.29 is 23.0 Å². The van der Waals surface area contributed by atoms with Crippen molar-refractivity contribution in [2.75, 3.05) is 31.7 Å². The first-order chi connectivity index (χ1) is 11.6. The van der Waals surface area contributed by atoms with Gasteiger partial charge in [-0.25, -0.2) is 0 Å². The summed E-state index contributed by atoms with van der Waals surface area (Å²) in [6.45, 7) is -1.53.